The van der Waals surface area contributed by atoms with Gasteiger partial charge in [0.05, 0.1) is 17.7 Å². The van der Waals surface area contributed by atoms with Gasteiger partial charge in [-0.2, -0.15) is 0 Å². The number of nitrogens with zero attached hydrogens (tertiary/aromatic N) is 4. The summed E-state index contributed by atoms with van der Waals surface area (Å²) in [5.41, 5.74) is -0.395. The molecule has 0 aliphatic rings. The van der Waals surface area contributed by atoms with E-state index in [1.54, 1.807) is 7.05 Å². The smallest absolute Gasteiger partial charge is 0.332 e. The van der Waals surface area contributed by atoms with Gasteiger partial charge < -0.3 is 9.88 Å². The molecule has 18 heavy (non-hydrogen) atoms. The van der Waals surface area contributed by atoms with Crippen molar-refractivity contribution in [3.05, 3.63) is 44.5 Å². The molecule has 0 atom stereocenters. The Bertz CT molecular complexity index is 635. The lowest BCUT2D eigenvalue weighted by Gasteiger charge is -2.04. The van der Waals surface area contributed by atoms with Crippen LogP contribution in [0.1, 0.15) is 5.69 Å². The summed E-state index contributed by atoms with van der Waals surface area (Å²) in [6.45, 7) is 0.313. The van der Waals surface area contributed by atoms with Crippen LogP contribution in [0.3, 0.4) is 0 Å². The second kappa shape index (κ2) is 4.92. The summed E-state index contributed by atoms with van der Waals surface area (Å²) in [7, 11) is 1.74. The van der Waals surface area contributed by atoms with Crippen molar-refractivity contribution in [2.45, 2.75) is 6.54 Å². The molecule has 2 heterocycles. The Kier molecular flexibility index (Phi) is 3.33. The van der Waals surface area contributed by atoms with Gasteiger partial charge in [0, 0.05) is 30.8 Å². The van der Waals surface area contributed by atoms with Crippen molar-refractivity contribution in [2.24, 2.45) is 0 Å². The van der Waals surface area contributed by atoms with Gasteiger partial charge in [0.2, 0.25) is 0 Å². The Hall–Kier alpha value is -2.29. The molecule has 2 aromatic heterocycles. The molecule has 0 aromatic carbocycles. The van der Waals surface area contributed by atoms with Gasteiger partial charge in [-0.3, -0.25) is 14.9 Å². The van der Waals surface area contributed by atoms with Crippen LogP contribution in [0.4, 0.5) is 10.7 Å². The Morgan fingerprint density at radius 1 is 1.61 bits per heavy atom. The topological polar surface area (TPSA) is 103 Å². The van der Waals surface area contributed by atoms with Crippen molar-refractivity contribution in [2.75, 3.05) is 12.4 Å². The number of hydrogen-bond acceptors (Lipinski definition) is 7. The quantitative estimate of drug-likeness (QED) is 0.646. The predicted octanol–water partition coefficient (Wildman–Crippen LogP) is 0.698. The first kappa shape index (κ1) is 12.2. The van der Waals surface area contributed by atoms with E-state index in [4.69, 9.17) is 0 Å². The van der Waals surface area contributed by atoms with Crippen molar-refractivity contribution >= 4 is 22.2 Å². The lowest BCUT2D eigenvalue weighted by molar-refractivity contribution is -0.386. The molecule has 0 unspecified atom stereocenters. The molecule has 94 valence electrons. The summed E-state index contributed by atoms with van der Waals surface area (Å²) in [5.74, 6) is 0. The number of anilines is 1. The van der Waals surface area contributed by atoms with Gasteiger partial charge in [-0.15, -0.1) is 5.10 Å². The number of nitro groups is 1. The van der Waals surface area contributed by atoms with Crippen LogP contribution in [-0.2, 0) is 6.54 Å². The number of hydrogen-bond donors (Lipinski definition) is 1. The summed E-state index contributed by atoms with van der Waals surface area (Å²) in [6, 6.07) is 1.16. The Labute approximate surface area is 105 Å². The maximum atomic E-state index is 11.2. The summed E-state index contributed by atoms with van der Waals surface area (Å²) in [6.07, 6.45) is 2.68. The zero-order chi connectivity index (χ0) is 13.1. The third-order valence-electron chi connectivity index (χ3n) is 2.27. The van der Waals surface area contributed by atoms with Crippen LogP contribution in [0.5, 0.6) is 0 Å². The third-order valence-corrected chi connectivity index (χ3v) is 3.06. The van der Waals surface area contributed by atoms with Crippen LogP contribution >= 0.6 is 11.5 Å². The minimum absolute atomic E-state index is 0.313. The van der Waals surface area contributed by atoms with Gasteiger partial charge in [-0.25, -0.2) is 0 Å². The predicted molar refractivity (Wildman–Crippen MR) is 65.9 cm³/mol. The van der Waals surface area contributed by atoms with E-state index in [0.29, 0.717) is 12.2 Å². The Morgan fingerprint density at radius 2 is 2.39 bits per heavy atom. The molecule has 0 aliphatic carbocycles. The molecule has 0 saturated carbocycles. The van der Waals surface area contributed by atoms with E-state index in [-0.39, 0.29) is 0 Å². The van der Waals surface area contributed by atoms with E-state index >= 15 is 0 Å². The average molecular weight is 267 g/mol. The number of pyridine rings is 1. The normalized spacial score (nSPS) is 10.3. The Morgan fingerprint density at radius 3 is 3.06 bits per heavy atom. The lowest BCUT2D eigenvalue weighted by Crippen LogP contribution is -2.12. The van der Waals surface area contributed by atoms with E-state index in [9.17, 15) is 14.9 Å². The molecule has 0 bridgehead atoms. The summed E-state index contributed by atoms with van der Waals surface area (Å²) in [4.78, 5) is 21.2. The van der Waals surface area contributed by atoms with Crippen molar-refractivity contribution in [3.63, 3.8) is 0 Å². The Balaban J connectivity index is 2.33. The van der Waals surface area contributed by atoms with Crippen LogP contribution in [-0.4, -0.2) is 26.1 Å². The van der Waals surface area contributed by atoms with Gasteiger partial charge >= 0.3 is 5.69 Å². The van der Waals surface area contributed by atoms with Crippen molar-refractivity contribution in [3.8, 4) is 0 Å². The number of nitrogens with one attached hydrogen (secondary N) is 1. The molecule has 0 saturated heterocycles. The zero-order valence-corrected chi connectivity index (χ0v) is 10.2. The van der Waals surface area contributed by atoms with Gasteiger partial charge in [-0.05, 0) is 0 Å². The lowest BCUT2D eigenvalue weighted by atomic mass is 10.3. The third kappa shape index (κ3) is 2.35. The highest BCUT2D eigenvalue weighted by molar-refractivity contribution is 7.10. The maximum absolute atomic E-state index is 11.2. The molecule has 2 rings (SSSR count). The fraction of sp³-hybridized carbons (Fsp3) is 0.222. The molecular weight excluding hydrogens is 258 g/mol. The van der Waals surface area contributed by atoms with Crippen LogP contribution in [0.2, 0.25) is 0 Å². The highest BCUT2D eigenvalue weighted by Crippen LogP contribution is 2.17. The van der Waals surface area contributed by atoms with Crippen molar-refractivity contribution in [1.29, 1.82) is 0 Å². The molecule has 2 aromatic rings. The monoisotopic (exact) mass is 267 g/mol. The van der Waals surface area contributed by atoms with Gasteiger partial charge in [0.25, 0.3) is 5.43 Å². The highest BCUT2D eigenvalue weighted by atomic mass is 32.1. The van der Waals surface area contributed by atoms with Crippen molar-refractivity contribution in [1.82, 2.24) is 14.2 Å². The molecular formula is C9H9N5O3S. The van der Waals surface area contributed by atoms with Crippen molar-refractivity contribution < 1.29 is 4.92 Å². The first-order valence-corrected chi connectivity index (χ1v) is 5.72. The van der Waals surface area contributed by atoms with Crippen LogP contribution in [0.15, 0.2) is 23.3 Å². The summed E-state index contributed by atoms with van der Waals surface area (Å²) >= 11 is 1.20. The van der Waals surface area contributed by atoms with Gasteiger partial charge in [-0.1, -0.05) is 4.49 Å². The first-order valence-electron chi connectivity index (χ1n) is 4.95. The van der Waals surface area contributed by atoms with E-state index in [1.165, 1.54) is 28.5 Å². The largest absolute Gasteiger partial charge is 0.377 e. The summed E-state index contributed by atoms with van der Waals surface area (Å²) in [5, 5.41) is 18.3. The molecule has 0 fully saturated rings. The minimum Gasteiger partial charge on any atom is -0.377 e. The fourth-order valence-electron chi connectivity index (χ4n) is 1.42. The molecule has 0 radical (unpaired) electrons. The molecule has 9 heteroatoms. The standard InChI is InChI=1S/C9H9N5O3S/c1-10-9-6(11-12-18-9)4-13-3-2-8(15)7(5-13)14(16)17/h2-3,5,10H,4H2,1H3. The van der Waals surface area contributed by atoms with Crippen LogP contribution in [0, 0.1) is 10.1 Å². The summed E-state index contributed by atoms with van der Waals surface area (Å²) < 4.78 is 5.31. The zero-order valence-electron chi connectivity index (χ0n) is 9.36. The molecule has 0 spiro atoms. The molecule has 8 nitrogen and oxygen atoms in total. The SMILES string of the molecule is CNc1snnc1Cn1ccc(=O)c([N+](=O)[O-])c1. The highest BCUT2D eigenvalue weighted by Gasteiger charge is 2.13. The second-order valence-electron chi connectivity index (χ2n) is 3.42. The van der Waals surface area contributed by atoms with E-state index in [0.717, 1.165) is 11.1 Å². The van der Waals surface area contributed by atoms with E-state index < -0.39 is 16.0 Å². The minimum atomic E-state index is -0.697. The first-order chi connectivity index (χ1) is 8.61. The van der Waals surface area contributed by atoms with Crippen LogP contribution in [0.25, 0.3) is 0 Å². The molecule has 1 N–H and O–H groups in total. The van der Waals surface area contributed by atoms with Gasteiger partial charge in [0.15, 0.2) is 0 Å². The number of aromatic nitrogens is 3. The second-order valence-corrected chi connectivity index (χ2v) is 4.18. The van der Waals surface area contributed by atoms with E-state index in [1.807, 2.05) is 0 Å². The molecule has 0 amide bonds. The maximum Gasteiger partial charge on any atom is 0.332 e. The van der Waals surface area contributed by atoms with Gasteiger partial charge in [0.1, 0.15) is 10.7 Å². The number of rotatable bonds is 4. The molecule has 0 aliphatic heterocycles. The average Bonchev–Trinajstić information content (AvgIpc) is 2.78. The van der Waals surface area contributed by atoms with Crippen LogP contribution < -0.4 is 10.7 Å². The fourth-order valence-corrected chi connectivity index (χ4v) is 1.95. The van der Waals surface area contributed by atoms with E-state index in [2.05, 4.69) is 14.9 Å².